The van der Waals surface area contributed by atoms with Crippen molar-refractivity contribution in [1.82, 2.24) is 14.9 Å². The van der Waals surface area contributed by atoms with E-state index < -0.39 is 6.04 Å². The van der Waals surface area contributed by atoms with Gasteiger partial charge in [0.05, 0.1) is 11.0 Å². The number of aromatic nitrogens is 2. The molecule has 98 valence electrons. The van der Waals surface area contributed by atoms with Crippen LogP contribution in [0.1, 0.15) is 18.9 Å². The van der Waals surface area contributed by atoms with Crippen LogP contribution in [0.2, 0.25) is 0 Å². The largest absolute Gasteiger partial charge is 0.331 e. The molecule has 0 bridgehead atoms. The maximum Gasteiger partial charge on any atom is 0.249 e. The number of aromatic amines is 1. The minimum absolute atomic E-state index is 0.228. The Morgan fingerprint density at radius 2 is 2.16 bits per heavy atom. The predicted octanol–water partition coefficient (Wildman–Crippen LogP) is 2.44. The molecule has 0 spiro atoms. The van der Waals surface area contributed by atoms with Gasteiger partial charge in [-0.05, 0) is 36.8 Å². The normalized spacial score (nSPS) is 19.7. The first-order chi connectivity index (χ1) is 9.06. The smallest absolute Gasteiger partial charge is 0.249 e. The summed E-state index contributed by atoms with van der Waals surface area (Å²) in [6.45, 7) is 0. The van der Waals surface area contributed by atoms with Crippen molar-refractivity contribution in [2.24, 2.45) is 0 Å². The second kappa shape index (κ2) is 4.57. The molecule has 2 N–H and O–H groups in total. The molecular weight excluding hydrogens is 330 g/mol. The maximum atomic E-state index is 12.0. The van der Waals surface area contributed by atoms with E-state index in [0.717, 1.165) is 15.5 Å². The first kappa shape index (κ1) is 12.6. The number of piperidine rings is 1. The third kappa shape index (κ3) is 2.12. The number of rotatable bonds is 1. The lowest BCUT2D eigenvalue weighted by molar-refractivity contribution is -0.135. The summed E-state index contributed by atoms with van der Waals surface area (Å²) in [5.41, 5.74) is 1.73. The molecule has 2 aromatic rings. The van der Waals surface area contributed by atoms with Crippen LogP contribution >= 0.6 is 28.1 Å². The first-order valence-corrected chi connectivity index (χ1v) is 7.00. The van der Waals surface area contributed by atoms with Crippen LogP contribution in [0.4, 0.5) is 0 Å². The maximum absolute atomic E-state index is 12.0. The number of carbonyl (C=O) groups is 2. The van der Waals surface area contributed by atoms with E-state index in [1.807, 2.05) is 18.2 Å². The van der Waals surface area contributed by atoms with Crippen molar-refractivity contribution in [1.29, 1.82) is 0 Å². The molecule has 0 saturated carbocycles. The van der Waals surface area contributed by atoms with Crippen LogP contribution in [0.15, 0.2) is 22.7 Å². The Kier molecular flexibility index (Phi) is 3.02. The van der Waals surface area contributed by atoms with E-state index in [0.29, 0.717) is 17.6 Å². The fourth-order valence-corrected chi connectivity index (χ4v) is 3.02. The van der Waals surface area contributed by atoms with Crippen LogP contribution in [-0.2, 0) is 9.59 Å². The summed E-state index contributed by atoms with van der Waals surface area (Å²) in [5.74, 6) is -0.526. The lowest BCUT2D eigenvalue weighted by Crippen LogP contribution is -2.41. The number of nitrogens with zero attached hydrogens (tertiary/aromatic N) is 1. The second-order valence-corrected chi connectivity index (χ2v) is 5.73. The molecule has 1 aromatic heterocycles. The highest BCUT2D eigenvalue weighted by Crippen LogP contribution is 2.26. The summed E-state index contributed by atoms with van der Waals surface area (Å²) in [4.78, 5) is 26.2. The zero-order valence-electron chi connectivity index (χ0n) is 9.77. The Morgan fingerprint density at radius 3 is 2.89 bits per heavy atom. The third-order valence-electron chi connectivity index (χ3n) is 3.20. The molecule has 1 aromatic carbocycles. The highest BCUT2D eigenvalue weighted by atomic mass is 79.9. The number of hydrogen-bond acceptors (Lipinski definition) is 3. The van der Waals surface area contributed by atoms with Crippen LogP contribution in [0.5, 0.6) is 0 Å². The van der Waals surface area contributed by atoms with E-state index >= 15 is 0 Å². The molecule has 1 aliphatic rings. The Morgan fingerprint density at radius 1 is 1.37 bits per heavy atom. The molecule has 5 nitrogen and oxygen atoms in total. The molecule has 0 radical (unpaired) electrons. The van der Waals surface area contributed by atoms with Gasteiger partial charge in [-0.15, -0.1) is 0 Å². The standard InChI is InChI=1S/C12H10BrN3O2S/c13-6-1-2-7-9(5-6)16(12(19)14-7)8-3-4-10(17)15-11(8)18/h1-2,5,8H,3-4H2,(H,14,19)(H,15,17,18). The topological polar surface area (TPSA) is 66.9 Å². The summed E-state index contributed by atoms with van der Waals surface area (Å²) in [5, 5.41) is 2.35. The van der Waals surface area contributed by atoms with Crippen LogP contribution in [0, 0.1) is 4.77 Å². The Hall–Kier alpha value is -1.47. The van der Waals surface area contributed by atoms with E-state index in [2.05, 4.69) is 26.2 Å². The number of imide groups is 1. The van der Waals surface area contributed by atoms with Crippen LogP contribution in [0.25, 0.3) is 11.0 Å². The summed E-state index contributed by atoms with van der Waals surface area (Å²) in [7, 11) is 0. The quantitative estimate of drug-likeness (QED) is 0.619. The van der Waals surface area contributed by atoms with Crippen molar-refractivity contribution in [2.75, 3.05) is 0 Å². The molecule has 2 amide bonds. The summed E-state index contributed by atoms with van der Waals surface area (Å²) in [6, 6.07) is 5.28. The van der Waals surface area contributed by atoms with Crippen molar-refractivity contribution >= 4 is 51.0 Å². The Labute approximate surface area is 122 Å². The average Bonchev–Trinajstić information content (AvgIpc) is 2.65. The van der Waals surface area contributed by atoms with E-state index in [4.69, 9.17) is 12.2 Å². The minimum atomic E-state index is -0.437. The molecule has 2 heterocycles. The molecule has 1 fully saturated rings. The van der Waals surface area contributed by atoms with Crippen LogP contribution < -0.4 is 5.32 Å². The average molecular weight is 340 g/mol. The van der Waals surface area contributed by atoms with Gasteiger partial charge in [0.15, 0.2) is 4.77 Å². The fraction of sp³-hybridized carbons (Fsp3) is 0.250. The molecule has 7 heteroatoms. The van der Waals surface area contributed by atoms with Gasteiger partial charge in [0.25, 0.3) is 0 Å². The van der Waals surface area contributed by atoms with Crippen molar-refractivity contribution in [3.8, 4) is 0 Å². The van der Waals surface area contributed by atoms with Crippen molar-refractivity contribution in [2.45, 2.75) is 18.9 Å². The highest BCUT2D eigenvalue weighted by Gasteiger charge is 2.29. The molecule has 0 aliphatic carbocycles. The molecule has 1 aliphatic heterocycles. The number of H-pyrrole nitrogens is 1. The molecule has 1 atom stereocenters. The minimum Gasteiger partial charge on any atom is -0.331 e. The fourth-order valence-electron chi connectivity index (χ4n) is 2.33. The van der Waals surface area contributed by atoms with E-state index in [1.165, 1.54) is 0 Å². The van der Waals surface area contributed by atoms with Gasteiger partial charge >= 0.3 is 0 Å². The molecule has 3 rings (SSSR count). The van der Waals surface area contributed by atoms with Crippen LogP contribution in [-0.4, -0.2) is 21.4 Å². The monoisotopic (exact) mass is 339 g/mol. The lowest BCUT2D eigenvalue weighted by Gasteiger charge is -2.22. The summed E-state index contributed by atoms with van der Waals surface area (Å²) >= 11 is 8.70. The molecule has 19 heavy (non-hydrogen) atoms. The predicted molar refractivity (Wildman–Crippen MR) is 76.2 cm³/mol. The number of amides is 2. The van der Waals surface area contributed by atoms with Crippen molar-refractivity contribution in [3.63, 3.8) is 0 Å². The van der Waals surface area contributed by atoms with Gasteiger partial charge in [0.1, 0.15) is 6.04 Å². The molecule has 1 saturated heterocycles. The van der Waals surface area contributed by atoms with Crippen molar-refractivity contribution in [3.05, 3.63) is 27.4 Å². The number of carbonyl (C=O) groups excluding carboxylic acids is 2. The zero-order chi connectivity index (χ0) is 13.6. The number of imidazole rings is 1. The number of nitrogens with one attached hydrogen (secondary N) is 2. The Balaban J connectivity index is 2.17. The number of hydrogen-bond donors (Lipinski definition) is 2. The van der Waals surface area contributed by atoms with E-state index in [-0.39, 0.29) is 11.8 Å². The number of fused-ring (bicyclic) bond motifs is 1. The highest BCUT2D eigenvalue weighted by molar-refractivity contribution is 9.10. The van der Waals surface area contributed by atoms with Gasteiger partial charge in [-0.2, -0.15) is 0 Å². The summed E-state index contributed by atoms with van der Waals surface area (Å²) in [6.07, 6.45) is 0.803. The van der Waals surface area contributed by atoms with Gasteiger partial charge in [0, 0.05) is 10.9 Å². The van der Waals surface area contributed by atoms with Gasteiger partial charge in [-0.25, -0.2) is 0 Å². The summed E-state index contributed by atoms with van der Waals surface area (Å²) < 4.78 is 3.18. The number of halogens is 1. The van der Waals surface area contributed by atoms with Gasteiger partial charge in [0.2, 0.25) is 11.8 Å². The van der Waals surface area contributed by atoms with E-state index in [1.54, 1.807) is 4.57 Å². The number of benzene rings is 1. The first-order valence-electron chi connectivity index (χ1n) is 5.80. The van der Waals surface area contributed by atoms with Crippen molar-refractivity contribution < 1.29 is 9.59 Å². The Bertz CT molecular complexity index is 749. The third-order valence-corrected chi connectivity index (χ3v) is 3.99. The van der Waals surface area contributed by atoms with Crippen LogP contribution in [0.3, 0.4) is 0 Å². The lowest BCUT2D eigenvalue weighted by atomic mass is 10.1. The zero-order valence-corrected chi connectivity index (χ0v) is 12.2. The molecule has 1 unspecified atom stereocenters. The molecular formula is C12H10BrN3O2S. The van der Waals surface area contributed by atoms with Gasteiger partial charge in [-0.3, -0.25) is 14.9 Å². The van der Waals surface area contributed by atoms with Gasteiger partial charge < -0.3 is 9.55 Å². The van der Waals surface area contributed by atoms with E-state index in [9.17, 15) is 9.59 Å². The van der Waals surface area contributed by atoms with Gasteiger partial charge in [-0.1, -0.05) is 15.9 Å². The SMILES string of the molecule is O=C1CCC(n2c(=S)[nH]c3ccc(Br)cc32)C(=O)N1. The second-order valence-electron chi connectivity index (χ2n) is 4.43.